The van der Waals surface area contributed by atoms with Crippen LogP contribution < -0.4 is 5.32 Å². The van der Waals surface area contributed by atoms with Crippen molar-refractivity contribution in [2.45, 2.75) is 26.1 Å². The van der Waals surface area contributed by atoms with E-state index < -0.39 is 24.7 Å². The van der Waals surface area contributed by atoms with Crippen LogP contribution in [0.25, 0.3) is 5.69 Å². The predicted molar refractivity (Wildman–Crippen MR) is 87.6 cm³/mol. The zero-order valence-corrected chi connectivity index (χ0v) is 15.1. The van der Waals surface area contributed by atoms with Gasteiger partial charge in [-0.05, 0) is 32.0 Å². The quantitative estimate of drug-likeness (QED) is 0.779. The first kappa shape index (κ1) is 19.4. The molecule has 10 heteroatoms. The van der Waals surface area contributed by atoms with E-state index in [1.54, 1.807) is 13.8 Å². The van der Waals surface area contributed by atoms with E-state index in [1.807, 2.05) is 24.3 Å². The Balaban J connectivity index is 2.01. The fourth-order valence-electron chi connectivity index (χ4n) is 2.08. The molecular formula is C15H16BrF3N4O2. The smallest absolute Gasteiger partial charge is 0.370 e. The summed E-state index contributed by atoms with van der Waals surface area (Å²) in [5.74, 6) is -0.526. The number of hydrogen-bond donors (Lipinski definition) is 1. The lowest BCUT2D eigenvalue weighted by Crippen LogP contribution is -2.37. The van der Waals surface area contributed by atoms with E-state index in [2.05, 4.69) is 36.3 Å². The lowest BCUT2D eigenvalue weighted by Gasteiger charge is -2.14. The first-order valence-corrected chi connectivity index (χ1v) is 8.10. The zero-order valence-electron chi connectivity index (χ0n) is 13.5. The van der Waals surface area contributed by atoms with E-state index in [4.69, 9.17) is 0 Å². The van der Waals surface area contributed by atoms with E-state index in [0.29, 0.717) is 5.69 Å². The highest BCUT2D eigenvalue weighted by molar-refractivity contribution is 9.10. The molecule has 1 unspecified atom stereocenters. The van der Waals surface area contributed by atoms with Gasteiger partial charge in [0.05, 0.1) is 18.0 Å². The van der Waals surface area contributed by atoms with Gasteiger partial charge < -0.3 is 10.1 Å². The third-order valence-electron chi connectivity index (χ3n) is 3.17. The molecule has 0 bridgehead atoms. The monoisotopic (exact) mass is 420 g/mol. The number of benzene rings is 1. The van der Waals surface area contributed by atoms with Crippen molar-refractivity contribution in [2.24, 2.45) is 0 Å². The van der Waals surface area contributed by atoms with Crippen LogP contribution in [0.15, 0.2) is 28.7 Å². The van der Waals surface area contributed by atoms with Crippen molar-refractivity contribution in [1.29, 1.82) is 0 Å². The average molecular weight is 421 g/mol. The molecule has 1 heterocycles. The molecule has 0 saturated carbocycles. The maximum atomic E-state index is 12.2. The average Bonchev–Trinajstić information content (AvgIpc) is 2.87. The van der Waals surface area contributed by atoms with Crippen LogP contribution in [0.5, 0.6) is 0 Å². The molecule has 0 aliphatic heterocycles. The number of halogens is 4. The lowest BCUT2D eigenvalue weighted by molar-refractivity contribution is -0.174. The first-order valence-electron chi connectivity index (χ1n) is 7.31. The van der Waals surface area contributed by atoms with Gasteiger partial charge in [0, 0.05) is 10.5 Å². The van der Waals surface area contributed by atoms with Crippen LogP contribution >= 0.6 is 15.9 Å². The van der Waals surface area contributed by atoms with E-state index in [9.17, 15) is 18.0 Å². The molecule has 1 amide bonds. The fraction of sp³-hybridized carbons (Fsp3) is 0.400. The number of ether oxygens (including phenoxy) is 1. The van der Waals surface area contributed by atoms with Crippen molar-refractivity contribution in [3.63, 3.8) is 0 Å². The summed E-state index contributed by atoms with van der Waals surface area (Å²) in [5, 5.41) is 10.4. The highest BCUT2D eigenvalue weighted by Crippen LogP contribution is 2.17. The topological polar surface area (TPSA) is 69.0 Å². The van der Waals surface area contributed by atoms with Gasteiger partial charge in [-0.15, -0.1) is 5.10 Å². The largest absolute Gasteiger partial charge is 0.411 e. The van der Waals surface area contributed by atoms with Crippen LogP contribution in [-0.4, -0.2) is 46.3 Å². The van der Waals surface area contributed by atoms with Gasteiger partial charge in [0.15, 0.2) is 5.69 Å². The van der Waals surface area contributed by atoms with Gasteiger partial charge in [-0.25, -0.2) is 4.68 Å². The molecule has 2 rings (SSSR count). The molecule has 25 heavy (non-hydrogen) atoms. The molecule has 0 aliphatic rings. The second kappa shape index (κ2) is 7.96. The standard InChI is InChI=1S/C15H16BrF3N4O2/c1-9(7-25-8-15(17,18)19)20-14(24)13-10(2)23(22-21-13)12-5-3-4-11(16)6-12/h3-6,9H,7-8H2,1-2H3,(H,20,24). The molecule has 2 aromatic rings. The minimum absolute atomic E-state index is 0.0997. The molecule has 1 aromatic heterocycles. The van der Waals surface area contributed by atoms with Crippen molar-refractivity contribution in [3.05, 3.63) is 40.1 Å². The second-order valence-corrected chi connectivity index (χ2v) is 6.34. The summed E-state index contributed by atoms with van der Waals surface area (Å²) in [7, 11) is 0. The molecule has 136 valence electrons. The van der Waals surface area contributed by atoms with Crippen molar-refractivity contribution >= 4 is 21.8 Å². The van der Waals surface area contributed by atoms with Gasteiger partial charge in [-0.1, -0.05) is 27.2 Å². The number of rotatable bonds is 6. The predicted octanol–water partition coefficient (Wildman–Crippen LogP) is 3.04. The highest BCUT2D eigenvalue weighted by atomic mass is 79.9. The Morgan fingerprint density at radius 1 is 1.44 bits per heavy atom. The minimum atomic E-state index is -4.40. The molecule has 0 fully saturated rings. The zero-order chi connectivity index (χ0) is 18.6. The molecule has 1 atom stereocenters. The molecule has 0 aliphatic carbocycles. The van der Waals surface area contributed by atoms with E-state index in [0.717, 1.165) is 10.2 Å². The third kappa shape index (κ3) is 5.53. The number of aromatic nitrogens is 3. The minimum Gasteiger partial charge on any atom is -0.370 e. The summed E-state index contributed by atoms with van der Waals surface area (Å²) in [6.07, 6.45) is -4.40. The lowest BCUT2D eigenvalue weighted by atomic mass is 10.2. The third-order valence-corrected chi connectivity index (χ3v) is 3.67. The van der Waals surface area contributed by atoms with E-state index in [1.165, 1.54) is 4.68 Å². The Labute approximate surface area is 150 Å². The summed E-state index contributed by atoms with van der Waals surface area (Å²) in [6.45, 7) is 1.61. The fourth-order valence-corrected chi connectivity index (χ4v) is 2.46. The van der Waals surface area contributed by atoms with Gasteiger partial charge in [-0.3, -0.25) is 4.79 Å². The number of hydrogen-bond acceptors (Lipinski definition) is 4. The van der Waals surface area contributed by atoms with Crippen molar-refractivity contribution < 1.29 is 22.7 Å². The number of nitrogens with one attached hydrogen (secondary N) is 1. The molecule has 0 spiro atoms. The maximum absolute atomic E-state index is 12.2. The number of carbonyl (C=O) groups is 1. The Morgan fingerprint density at radius 3 is 2.80 bits per heavy atom. The van der Waals surface area contributed by atoms with Crippen molar-refractivity contribution in [1.82, 2.24) is 20.3 Å². The van der Waals surface area contributed by atoms with Crippen LogP contribution in [0, 0.1) is 6.92 Å². The van der Waals surface area contributed by atoms with Crippen LogP contribution in [-0.2, 0) is 4.74 Å². The Kier molecular flexibility index (Phi) is 6.17. The number of alkyl halides is 3. The number of carbonyl (C=O) groups excluding carboxylic acids is 1. The Hall–Kier alpha value is -1.94. The number of amides is 1. The van der Waals surface area contributed by atoms with Gasteiger partial charge in [-0.2, -0.15) is 13.2 Å². The maximum Gasteiger partial charge on any atom is 0.411 e. The SMILES string of the molecule is Cc1c(C(=O)NC(C)COCC(F)(F)F)nnn1-c1cccc(Br)c1. The molecule has 1 N–H and O–H groups in total. The second-order valence-electron chi connectivity index (χ2n) is 5.42. The van der Waals surface area contributed by atoms with Crippen LogP contribution in [0.3, 0.4) is 0 Å². The van der Waals surface area contributed by atoms with Crippen molar-refractivity contribution in [3.8, 4) is 5.69 Å². The van der Waals surface area contributed by atoms with Gasteiger partial charge >= 0.3 is 6.18 Å². The summed E-state index contributed by atoms with van der Waals surface area (Å²) in [5.41, 5.74) is 1.33. The normalized spacial score (nSPS) is 12.9. The van der Waals surface area contributed by atoms with Crippen LogP contribution in [0.2, 0.25) is 0 Å². The molecule has 0 radical (unpaired) electrons. The summed E-state index contributed by atoms with van der Waals surface area (Å²) >= 11 is 3.36. The van der Waals surface area contributed by atoms with Gasteiger partial charge in [0.1, 0.15) is 6.61 Å². The number of nitrogens with zero attached hydrogens (tertiary/aromatic N) is 3. The highest BCUT2D eigenvalue weighted by Gasteiger charge is 2.28. The van der Waals surface area contributed by atoms with E-state index >= 15 is 0 Å². The van der Waals surface area contributed by atoms with Gasteiger partial charge in [0.25, 0.3) is 5.91 Å². The van der Waals surface area contributed by atoms with Gasteiger partial charge in [0.2, 0.25) is 0 Å². The van der Waals surface area contributed by atoms with Crippen molar-refractivity contribution in [2.75, 3.05) is 13.2 Å². The molecule has 0 saturated heterocycles. The first-order chi connectivity index (χ1) is 11.7. The Morgan fingerprint density at radius 2 is 2.16 bits per heavy atom. The molecule has 1 aromatic carbocycles. The summed E-state index contributed by atoms with van der Waals surface area (Å²) in [6, 6.07) is 6.69. The molecular weight excluding hydrogens is 405 g/mol. The summed E-state index contributed by atoms with van der Waals surface area (Å²) < 4.78 is 43.0. The Bertz CT molecular complexity index is 749. The molecule has 6 nitrogen and oxygen atoms in total. The van der Waals surface area contributed by atoms with E-state index in [-0.39, 0.29) is 12.3 Å². The van der Waals surface area contributed by atoms with Crippen LogP contribution in [0.1, 0.15) is 23.1 Å². The summed E-state index contributed by atoms with van der Waals surface area (Å²) in [4.78, 5) is 12.2. The van der Waals surface area contributed by atoms with Crippen LogP contribution in [0.4, 0.5) is 13.2 Å².